The third kappa shape index (κ3) is 5.30. The van der Waals surface area contributed by atoms with E-state index in [1.54, 1.807) is 36.1 Å². The number of hydrogen-bond donors (Lipinski definition) is 1. The third-order valence-electron chi connectivity index (χ3n) is 5.69. The second-order valence-corrected chi connectivity index (χ2v) is 8.82. The predicted octanol–water partition coefficient (Wildman–Crippen LogP) is 6.16. The van der Waals surface area contributed by atoms with Crippen molar-refractivity contribution in [3.8, 4) is 28.4 Å². The summed E-state index contributed by atoms with van der Waals surface area (Å²) in [7, 11) is 1.58. The molecule has 0 radical (unpaired) electrons. The molecule has 4 aromatic rings. The van der Waals surface area contributed by atoms with Crippen molar-refractivity contribution in [1.29, 1.82) is 0 Å². The van der Waals surface area contributed by atoms with Gasteiger partial charge in [-0.1, -0.05) is 38.1 Å². The van der Waals surface area contributed by atoms with Gasteiger partial charge < -0.3 is 14.8 Å². The Kier molecular flexibility index (Phi) is 7.20. The summed E-state index contributed by atoms with van der Waals surface area (Å²) in [6.07, 6.45) is 0. The second kappa shape index (κ2) is 10.5. The number of carbonyl (C=O) groups excluding carboxylic acids is 2. The van der Waals surface area contributed by atoms with Crippen LogP contribution in [0.4, 0.5) is 5.69 Å². The van der Waals surface area contributed by atoms with Crippen LogP contribution in [0.25, 0.3) is 16.8 Å². The molecule has 1 aromatic heterocycles. The molecule has 0 saturated carbocycles. The maximum Gasteiger partial charge on any atom is 0.309 e. The lowest BCUT2D eigenvalue weighted by molar-refractivity contribution is -0.132. The zero-order valence-corrected chi connectivity index (χ0v) is 21.0. The van der Waals surface area contributed by atoms with Gasteiger partial charge in [0.25, 0.3) is 5.91 Å². The van der Waals surface area contributed by atoms with Gasteiger partial charge >= 0.3 is 5.97 Å². The summed E-state index contributed by atoms with van der Waals surface area (Å²) < 4.78 is 12.5. The molecule has 1 N–H and O–H groups in total. The van der Waals surface area contributed by atoms with E-state index in [0.29, 0.717) is 22.9 Å². The minimum atomic E-state index is -0.427. The average Bonchev–Trinajstić information content (AvgIpc) is 3.23. The van der Waals surface area contributed by atoms with E-state index >= 15 is 0 Å². The van der Waals surface area contributed by atoms with Crippen molar-refractivity contribution in [1.82, 2.24) is 9.78 Å². The van der Waals surface area contributed by atoms with E-state index in [-0.39, 0.29) is 11.8 Å². The molecule has 7 nitrogen and oxygen atoms in total. The maximum absolute atomic E-state index is 12.7. The van der Waals surface area contributed by atoms with Gasteiger partial charge in [0, 0.05) is 18.2 Å². The van der Waals surface area contributed by atoms with E-state index < -0.39 is 5.97 Å². The standard InChI is InChI=1S/C29H29N3O4/c1-18(2)27-26(29(36-20(4)33)32(31-27)24-8-6-7-19(3)17-24)21-9-13-23(14-10-21)30-28(34)22-11-15-25(35-5)16-12-22/h6-18H,1-5H3,(H,30,34). The first-order valence-corrected chi connectivity index (χ1v) is 11.7. The number of esters is 1. The lowest BCUT2D eigenvalue weighted by atomic mass is 9.99. The summed E-state index contributed by atoms with van der Waals surface area (Å²) in [6.45, 7) is 7.48. The van der Waals surface area contributed by atoms with Gasteiger partial charge in [0.15, 0.2) is 0 Å². The minimum Gasteiger partial charge on any atom is -0.497 e. The average molecular weight is 484 g/mol. The Morgan fingerprint density at radius 3 is 2.25 bits per heavy atom. The molecule has 1 amide bonds. The molecule has 1 heterocycles. The predicted molar refractivity (Wildman–Crippen MR) is 140 cm³/mol. The maximum atomic E-state index is 12.7. The first kappa shape index (κ1) is 24.7. The molecule has 0 saturated heterocycles. The summed E-state index contributed by atoms with van der Waals surface area (Å²) in [5.74, 6) is 0.484. The molecule has 0 aliphatic rings. The molecule has 0 unspecified atom stereocenters. The molecule has 4 rings (SSSR count). The van der Waals surface area contributed by atoms with Gasteiger partial charge in [-0.15, -0.1) is 0 Å². The lowest BCUT2D eigenvalue weighted by Gasteiger charge is -2.11. The fourth-order valence-electron chi connectivity index (χ4n) is 3.93. The first-order chi connectivity index (χ1) is 17.3. The van der Waals surface area contributed by atoms with Crippen LogP contribution in [-0.2, 0) is 4.79 Å². The van der Waals surface area contributed by atoms with Gasteiger partial charge in [0.1, 0.15) is 5.75 Å². The van der Waals surface area contributed by atoms with Crippen molar-refractivity contribution in [2.45, 2.75) is 33.6 Å². The van der Waals surface area contributed by atoms with Crippen LogP contribution < -0.4 is 14.8 Å². The number of anilines is 1. The van der Waals surface area contributed by atoms with Gasteiger partial charge in [0.05, 0.1) is 24.1 Å². The number of hydrogen-bond acceptors (Lipinski definition) is 5. The molecule has 0 aliphatic heterocycles. The van der Waals surface area contributed by atoms with Crippen LogP contribution in [0, 0.1) is 6.92 Å². The molecule has 3 aromatic carbocycles. The highest BCUT2D eigenvalue weighted by Crippen LogP contribution is 2.39. The van der Waals surface area contributed by atoms with E-state index in [2.05, 4.69) is 5.32 Å². The smallest absolute Gasteiger partial charge is 0.309 e. The first-order valence-electron chi connectivity index (χ1n) is 11.7. The number of nitrogens with zero attached hydrogens (tertiary/aromatic N) is 2. The number of aromatic nitrogens is 2. The number of carbonyl (C=O) groups is 2. The second-order valence-electron chi connectivity index (χ2n) is 8.82. The van der Waals surface area contributed by atoms with Crippen molar-refractivity contribution in [2.75, 3.05) is 12.4 Å². The zero-order valence-electron chi connectivity index (χ0n) is 21.0. The highest BCUT2D eigenvalue weighted by atomic mass is 16.5. The summed E-state index contributed by atoms with van der Waals surface area (Å²) in [5.41, 5.74) is 5.43. The van der Waals surface area contributed by atoms with E-state index in [4.69, 9.17) is 14.6 Å². The number of rotatable bonds is 7. The Labute approximate surface area is 210 Å². The number of nitrogens with one attached hydrogen (secondary N) is 1. The van der Waals surface area contributed by atoms with E-state index in [1.165, 1.54) is 6.92 Å². The summed E-state index contributed by atoms with van der Waals surface area (Å²) >= 11 is 0. The number of methoxy groups -OCH3 is 1. The van der Waals surface area contributed by atoms with Gasteiger partial charge in [-0.25, -0.2) is 0 Å². The molecule has 0 spiro atoms. The Morgan fingerprint density at radius 2 is 1.67 bits per heavy atom. The quantitative estimate of drug-likeness (QED) is 0.319. The van der Waals surface area contributed by atoms with Crippen molar-refractivity contribution in [3.05, 3.63) is 89.6 Å². The molecule has 0 fully saturated rings. The van der Waals surface area contributed by atoms with Crippen LogP contribution in [0.1, 0.15) is 48.3 Å². The van der Waals surface area contributed by atoms with Gasteiger partial charge in [0.2, 0.25) is 5.88 Å². The van der Waals surface area contributed by atoms with Crippen molar-refractivity contribution >= 4 is 17.6 Å². The number of ether oxygens (including phenoxy) is 2. The molecule has 0 atom stereocenters. The van der Waals surface area contributed by atoms with E-state index in [0.717, 1.165) is 28.1 Å². The Bertz CT molecular complexity index is 1390. The van der Waals surface area contributed by atoms with Crippen LogP contribution in [0.2, 0.25) is 0 Å². The number of amides is 1. The van der Waals surface area contributed by atoms with Crippen LogP contribution in [0.3, 0.4) is 0 Å². The Morgan fingerprint density at radius 1 is 0.972 bits per heavy atom. The number of aryl methyl sites for hydroxylation is 1. The SMILES string of the molecule is COc1ccc(C(=O)Nc2ccc(-c3c(C(C)C)nn(-c4cccc(C)c4)c3OC(C)=O)cc2)cc1. The highest BCUT2D eigenvalue weighted by Gasteiger charge is 2.25. The summed E-state index contributed by atoms with van der Waals surface area (Å²) in [4.78, 5) is 24.7. The molecular formula is C29H29N3O4. The molecule has 36 heavy (non-hydrogen) atoms. The van der Waals surface area contributed by atoms with Gasteiger partial charge in [-0.2, -0.15) is 9.78 Å². The third-order valence-corrected chi connectivity index (χ3v) is 5.69. The fourth-order valence-corrected chi connectivity index (χ4v) is 3.93. The molecular weight excluding hydrogens is 454 g/mol. The van der Waals surface area contributed by atoms with Crippen LogP contribution in [0.5, 0.6) is 11.6 Å². The van der Waals surface area contributed by atoms with Gasteiger partial charge in [-0.05, 0) is 72.5 Å². The van der Waals surface area contributed by atoms with Crippen molar-refractivity contribution < 1.29 is 19.1 Å². The zero-order chi connectivity index (χ0) is 25.8. The molecule has 7 heteroatoms. The molecule has 0 aliphatic carbocycles. The minimum absolute atomic E-state index is 0.0785. The fraction of sp³-hybridized carbons (Fsp3) is 0.207. The highest BCUT2D eigenvalue weighted by molar-refractivity contribution is 6.04. The van der Waals surface area contributed by atoms with Crippen LogP contribution in [0.15, 0.2) is 72.8 Å². The Balaban J connectivity index is 1.70. The van der Waals surface area contributed by atoms with E-state index in [9.17, 15) is 9.59 Å². The van der Waals surface area contributed by atoms with Crippen LogP contribution >= 0.6 is 0 Å². The summed E-state index contributed by atoms with van der Waals surface area (Å²) in [6, 6.07) is 22.2. The number of benzene rings is 3. The topological polar surface area (TPSA) is 82.4 Å². The van der Waals surface area contributed by atoms with E-state index in [1.807, 2.05) is 69.3 Å². The molecule has 0 bridgehead atoms. The van der Waals surface area contributed by atoms with Crippen LogP contribution in [-0.4, -0.2) is 28.8 Å². The normalized spacial score (nSPS) is 10.8. The van der Waals surface area contributed by atoms with Crippen molar-refractivity contribution in [3.63, 3.8) is 0 Å². The Hall–Kier alpha value is -4.39. The molecule has 184 valence electrons. The largest absolute Gasteiger partial charge is 0.497 e. The lowest BCUT2D eigenvalue weighted by Crippen LogP contribution is -2.11. The van der Waals surface area contributed by atoms with Gasteiger partial charge in [-0.3, -0.25) is 9.59 Å². The monoisotopic (exact) mass is 483 g/mol. The summed E-state index contributed by atoms with van der Waals surface area (Å²) in [5, 5.41) is 7.74. The van der Waals surface area contributed by atoms with Crippen molar-refractivity contribution in [2.24, 2.45) is 0 Å².